The third-order valence-electron chi connectivity index (χ3n) is 3.26. The average Bonchev–Trinajstić information content (AvgIpc) is 2.38. The fraction of sp³-hybridized carbons (Fsp3) is 0.429. The van der Waals surface area contributed by atoms with Crippen molar-refractivity contribution >= 4 is 11.8 Å². The Morgan fingerprint density at radius 1 is 1.41 bits per heavy atom. The Labute approximate surface area is 101 Å². The quantitative estimate of drug-likeness (QED) is 0.736. The number of hydrogen-bond acceptors (Lipinski definition) is 3. The van der Waals surface area contributed by atoms with E-state index in [9.17, 15) is 9.59 Å². The molecule has 0 spiro atoms. The van der Waals surface area contributed by atoms with E-state index in [1.54, 1.807) is 6.07 Å². The molecule has 0 bridgehead atoms. The third-order valence-corrected chi connectivity index (χ3v) is 3.26. The molecule has 0 heterocycles. The predicted octanol–water partition coefficient (Wildman–Crippen LogP) is 2.70. The van der Waals surface area contributed by atoms with Crippen LogP contribution in [0.4, 0.5) is 0 Å². The topological polar surface area (TPSA) is 43.4 Å². The van der Waals surface area contributed by atoms with Gasteiger partial charge in [-0.3, -0.25) is 4.79 Å². The molecule has 1 aromatic rings. The van der Waals surface area contributed by atoms with Gasteiger partial charge in [0, 0.05) is 12.8 Å². The number of carbonyl (C=O) groups excluding carboxylic acids is 2. The molecule has 1 saturated carbocycles. The zero-order valence-corrected chi connectivity index (χ0v) is 9.94. The summed E-state index contributed by atoms with van der Waals surface area (Å²) in [5.74, 6) is 0.263. The van der Waals surface area contributed by atoms with Crippen LogP contribution in [0.3, 0.4) is 0 Å². The number of ether oxygens (including phenoxy) is 1. The monoisotopic (exact) mass is 232 g/mol. The van der Waals surface area contributed by atoms with Gasteiger partial charge in [0.05, 0.1) is 12.7 Å². The van der Waals surface area contributed by atoms with E-state index in [0.717, 1.165) is 18.4 Å². The molecule has 0 unspecified atom stereocenters. The maximum atomic E-state index is 11.4. The molecule has 1 fully saturated rings. The molecule has 2 rings (SSSR count). The molecule has 0 aromatic heterocycles. The first kappa shape index (κ1) is 11.8. The van der Waals surface area contributed by atoms with Gasteiger partial charge < -0.3 is 4.74 Å². The number of ketones is 1. The second-order valence-electron chi connectivity index (χ2n) is 4.45. The van der Waals surface area contributed by atoms with Crippen LogP contribution >= 0.6 is 0 Å². The molecule has 0 N–H and O–H groups in total. The lowest BCUT2D eigenvalue weighted by atomic mass is 9.83. The number of carbonyl (C=O) groups is 2. The van der Waals surface area contributed by atoms with E-state index in [4.69, 9.17) is 4.74 Å². The van der Waals surface area contributed by atoms with Crippen LogP contribution in [0.2, 0.25) is 0 Å². The van der Waals surface area contributed by atoms with Crippen molar-refractivity contribution < 1.29 is 14.3 Å². The van der Waals surface area contributed by atoms with Crippen molar-refractivity contribution in [2.24, 2.45) is 0 Å². The van der Waals surface area contributed by atoms with Gasteiger partial charge in [0.1, 0.15) is 5.78 Å². The Morgan fingerprint density at radius 3 is 2.94 bits per heavy atom. The summed E-state index contributed by atoms with van der Waals surface area (Å²) < 4.78 is 4.69. The van der Waals surface area contributed by atoms with Gasteiger partial charge >= 0.3 is 5.97 Å². The van der Waals surface area contributed by atoms with Crippen molar-refractivity contribution in [2.45, 2.75) is 31.6 Å². The van der Waals surface area contributed by atoms with E-state index in [1.807, 2.05) is 18.2 Å². The summed E-state index contributed by atoms with van der Waals surface area (Å²) in [6.07, 6.45) is 3.28. The van der Waals surface area contributed by atoms with Gasteiger partial charge in [-0.25, -0.2) is 4.79 Å². The summed E-state index contributed by atoms with van der Waals surface area (Å²) >= 11 is 0. The smallest absolute Gasteiger partial charge is 0.337 e. The first-order chi connectivity index (χ1) is 8.20. The van der Waals surface area contributed by atoms with Crippen molar-refractivity contribution in [3.05, 3.63) is 35.4 Å². The number of Topliss-reactive ketones (excluding diaryl/α,β-unsaturated/α-hetero) is 1. The van der Waals surface area contributed by atoms with Gasteiger partial charge in [-0.15, -0.1) is 0 Å². The zero-order valence-electron chi connectivity index (χ0n) is 9.94. The summed E-state index contributed by atoms with van der Waals surface area (Å²) in [7, 11) is 1.37. The number of esters is 1. The lowest BCUT2D eigenvalue weighted by Crippen LogP contribution is -2.14. The fourth-order valence-electron chi connectivity index (χ4n) is 2.35. The Balaban J connectivity index is 2.20. The second kappa shape index (κ2) is 5.13. The molecule has 0 amide bonds. The highest BCUT2D eigenvalue weighted by Gasteiger charge is 2.21. The molecule has 1 aliphatic carbocycles. The van der Waals surface area contributed by atoms with Crippen LogP contribution in [-0.2, 0) is 9.53 Å². The van der Waals surface area contributed by atoms with Crippen LogP contribution in [0.15, 0.2) is 24.3 Å². The molecule has 0 radical (unpaired) electrons. The third kappa shape index (κ3) is 2.73. The molecule has 3 heteroatoms. The first-order valence-electron chi connectivity index (χ1n) is 5.90. The molecule has 1 atom stereocenters. The van der Waals surface area contributed by atoms with Gasteiger partial charge in [0.2, 0.25) is 0 Å². The standard InChI is InChI=1S/C14H16O3/c1-17-14(16)12-6-2-4-10(8-12)11-5-3-7-13(15)9-11/h2,4,6,8,11H,3,5,7,9H2,1H3/t11-/m1/s1. The second-order valence-corrected chi connectivity index (χ2v) is 4.45. The van der Waals surface area contributed by atoms with Crippen molar-refractivity contribution in [2.75, 3.05) is 7.11 Å². The van der Waals surface area contributed by atoms with E-state index in [-0.39, 0.29) is 11.9 Å². The lowest BCUT2D eigenvalue weighted by molar-refractivity contribution is -0.120. The highest BCUT2D eigenvalue weighted by molar-refractivity contribution is 5.89. The average molecular weight is 232 g/mol. The Morgan fingerprint density at radius 2 is 2.24 bits per heavy atom. The summed E-state index contributed by atoms with van der Waals surface area (Å²) in [6.45, 7) is 0. The molecular formula is C14H16O3. The Hall–Kier alpha value is -1.64. The van der Waals surface area contributed by atoms with Crippen molar-refractivity contribution in [3.63, 3.8) is 0 Å². The van der Waals surface area contributed by atoms with Crippen molar-refractivity contribution in [3.8, 4) is 0 Å². The van der Waals surface area contributed by atoms with Crippen LogP contribution < -0.4 is 0 Å². The highest BCUT2D eigenvalue weighted by Crippen LogP contribution is 2.31. The fourth-order valence-corrected chi connectivity index (χ4v) is 2.35. The minimum Gasteiger partial charge on any atom is -0.465 e. The van der Waals surface area contributed by atoms with Crippen LogP contribution in [0.5, 0.6) is 0 Å². The molecule has 1 aromatic carbocycles. The van der Waals surface area contributed by atoms with Crippen LogP contribution in [0, 0.1) is 0 Å². The van der Waals surface area contributed by atoms with Crippen LogP contribution in [0.25, 0.3) is 0 Å². The van der Waals surface area contributed by atoms with Gasteiger partial charge in [-0.1, -0.05) is 12.1 Å². The largest absolute Gasteiger partial charge is 0.465 e. The molecule has 3 nitrogen and oxygen atoms in total. The maximum Gasteiger partial charge on any atom is 0.337 e. The number of benzene rings is 1. The molecule has 90 valence electrons. The number of rotatable bonds is 2. The Bertz CT molecular complexity index is 437. The van der Waals surface area contributed by atoms with E-state index < -0.39 is 0 Å². The molecule has 0 aliphatic heterocycles. The summed E-state index contributed by atoms with van der Waals surface area (Å²) in [6, 6.07) is 7.41. The minimum atomic E-state index is -0.325. The van der Waals surface area contributed by atoms with Gasteiger partial charge in [-0.2, -0.15) is 0 Å². The van der Waals surface area contributed by atoms with Crippen LogP contribution in [-0.4, -0.2) is 18.9 Å². The maximum absolute atomic E-state index is 11.4. The van der Waals surface area contributed by atoms with E-state index in [1.165, 1.54) is 7.11 Å². The number of hydrogen-bond donors (Lipinski definition) is 0. The summed E-state index contributed by atoms with van der Waals surface area (Å²) in [5.41, 5.74) is 1.63. The van der Waals surface area contributed by atoms with E-state index in [2.05, 4.69) is 0 Å². The lowest BCUT2D eigenvalue weighted by Gasteiger charge is -2.21. The molecule has 17 heavy (non-hydrogen) atoms. The summed E-state index contributed by atoms with van der Waals surface area (Å²) in [5, 5.41) is 0. The van der Waals surface area contributed by atoms with Gasteiger partial charge in [0.15, 0.2) is 0 Å². The molecular weight excluding hydrogens is 216 g/mol. The predicted molar refractivity (Wildman–Crippen MR) is 64.0 cm³/mol. The van der Waals surface area contributed by atoms with Gasteiger partial charge in [0.25, 0.3) is 0 Å². The molecule has 1 aliphatic rings. The first-order valence-corrected chi connectivity index (χ1v) is 5.90. The molecule has 0 saturated heterocycles. The SMILES string of the molecule is COC(=O)c1cccc([C@@H]2CCCC(=O)C2)c1. The van der Waals surface area contributed by atoms with Crippen molar-refractivity contribution in [1.29, 1.82) is 0 Å². The zero-order chi connectivity index (χ0) is 12.3. The van der Waals surface area contributed by atoms with E-state index >= 15 is 0 Å². The normalized spacial score (nSPS) is 20.1. The minimum absolute atomic E-state index is 0.265. The summed E-state index contributed by atoms with van der Waals surface area (Å²) in [4.78, 5) is 22.9. The Kier molecular flexibility index (Phi) is 3.57. The highest BCUT2D eigenvalue weighted by atomic mass is 16.5. The van der Waals surface area contributed by atoms with Crippen LogP contribution in [0.1, 0.15) is 47.5 Å². The number of methoxy groups -OCH3 is 1. The van der Waals surface area contributed by atoms with E-state index in [0.29, 0.717) is 24.2 Å². The van der Waals surface area contributed by atoms with Crippen molar-refractivity contribution in [1.82, 2.24) is 0 Å². The van der Waals surface area contributed by atoms with Gasteiger partial charge in [-0.05, 0) is 36.5 Å².